The van der Waals surface area contributed by atoms with Crippen LogP contribution >= 0.6 is 11.6 Å². The van der Waals surface area contributed by atoms with Gasteiger partial charge in [0, 0.05) is 5.56 Å². The van der Waals surface area contributed by atoms with E-state index in [0.717, 1.165) is 16.7 Å². The smallest absolute Gasteiger partial charge is 0.425 e. The normalized spacial score (nSPS) is 10.5. The molecule has 7 heteroatoms. The van der Waals surface area contributed by atoms with Crippen molar-refractivity contribution in [1.82, 2.24) is 10.4 Å². The Balaban J connectivity index is 1.81. The Morgan fingerprint density at radius 2 is 1.62 bits per heavy atom. The molecule has 0 bridgehead atoms. The molecule has 0 saturated heterocycles. The van der Waals surface area contributed by atoms with Crippen LogP contribution in [-0.4, -0.2) is 30.2 Å². The third kappa shape index (κ3) is 6.02. The average Bonchev–Trinajstić information content (AvgIpc) is 2.80. The zero-order valence-corrected chi connectivity index (χ0v) is 18.9. The van der Waals surface area contributed by atoms with Gasteiger partial charge in [0.1, 0.15) is 5.75 Å². The molecule has 0 fully saturated rings. The topological polar surface area (TPSA) is 67.9 Å². The summed E-state index contributed by atoms with van der Waals surface area (Å²) in [6.45, 7) is 3.92. The number of benzene rings is 3. The van der Waals surface area contributed by atoms with Crippen molar-refractivity contribution in [2.24, 2.45) is 0 Å². The first-order chi connectivity index (χ1) is 15.4. The third-order valence-corrected chi connectivity index (χ3v) is 4.90. The van der Waals surface area contributed by atoms with Gasteiger partial charge in [-0.2, -0.15) is 0 Å². The van der Waals surface area contributed by atoms with E-state index in [-0.39, 0.29) is 12.6 Å². The van der Waals surface area contributed by atoms with Crippen molar-refractivity contribution in [2.75, 3.05) is 7.11 Å². The van der Waals surface area contributed by atoms with Crippen LogP contribution in [0.5, 0.6) is 5.75 Å². The van der Waals surface area contributed by atoms with Crippen molar-refractivity contribution in [2.45, 2.75) is 26.5 Å². The second kappa shape index (κ2) is 10.7. The second-order valence-electron chi connectivity index (χ2n) is 7.37. The zero-order valence-electron chi connectivity index (χ0n) is 18.2. The van der Waals surface area contributed by atoms with Crippen molar-refractivity contribution in [3.63, 3.8) is 0 Å². The minimum atomic E-state index is -0.745. The van der Waals surface area contributed by atoms with Gasteiger partial charge in [-0.05, 0) is 48.7 Å². The summed E-state index contributed by atoms with van der Waals surface area (Å²) in [5.74, 6) is 0.0581. The Kier molecular flexibility index (Phi) is 7.73. The second-order valence-corrected chi connectivity index (χ2v) is 7.78. The van der Waals surface area contributed by atoms with E-state index in [4.69, 9.17) is 16.3 Å². The highest BCUT2D eigenvalue weighted by molar-refractivity contribution is 6.32. The SMILES string of the molecule is COC(=O)NN(Cc1ccc(-c2ccccc2)cc1)C(=O)c1ccc(OC(C)C)c(Cl)c1. The fourth-order valence-electron chi connectivity index (χ4n) is 3.07. The maximum atomic E-state index is 13.1. The summed E-state index contributed by atoms with van der Waals surface area (Å²) in [7, 11) is 1.24. The number of hydrazine groups is 1. The van der Waals surface area contributed by atoms with E-state index in [1.165, 1.54) is 18.2 Å². The summed E-state index contributed by atoms with van der Waals surface area (Å²) >= 11 is 6.28. The molecule has 0 aromatic heterocycles. The van der Waals surface area contributed by atoms with E-state index in [1.54, 1.807) is 12.1 Å². The van der Waals surface area contributed by atoms with Crippen LogP contribution in [0.4, 0.5) is 4.79 Å². The van der Waals surface area contributed by atoms with Crippen LogP contribution in [0.2, 0.25) is 5.02 Å². The van der Waals surface area contributed by atoms with Crippen molar-refractivity contribution in [1.29, 1.82) is 0 Å². The fourth-order valence-corrected chi connectivity index (χ4v) is 3.30. The molecule has 6 nitrogen and oxygen atoms in total. The van der Waals surface area contributed by atoms with Crippen LogP contribution in [0.25, 0.3) is 11.1 Å². The molecule has 0 unspecified atom stereocenters. The van der Waals surface area contributed by atoms with Gasteiger partial charge in [-0.3, -0.25) is 4.79 Å². The lowest BCUT2D eigenvalue weighted by Crippen LogP contribution is -2.45. The van der Waals surface area contributed by atoms with Crippen LogP contribution in [0.1, 0.15) is 29.8 Å². The number of rotatable bonds is 6. The lowest BCUT2D eigenvalue weighted by atomic mass is 10.0. The first-order valence-corrected chi connectivity index (χ1v) is 10.5. The van der Waals surface area contributed by atoms with Gasteiger partial charge in [-0.1, -0.05) is 66.2 Å². The number of hydrogen-bond acceptors (Lipinski definition) is 4. The van der Waals surface area contributed by atoms with Gasteiger partial charge < -0.3 is 9.47 Å². The molecule has 3 aromatic carbocycles. The van der Waals surface area contributed by atoms with Gasteiger partial charge in [-0.15, -0.1) is 0 Å². The van der Waals surface area contributed by atoms with Crippen molar-refractivity contribution in [3.05, 3.63) is 88.9 Å². The van der Waals surface area contributed by atoms with Crippen molar-refractivity contribution < 1.29 is 19.1 Å². The first kappa shape index (κ1) is 23.2. The van der Waals surface area contributed by atoms with Gasteiger partial charge in [-0.25, -0.2) is 15.2 Å². The predicted octanol–water partition coefficient (Wildman–Crippen LogP) is 5.71. The van der Waals surface area contributed by atoms with E-state index in [2.05, 4.69) is 10.2 Å². The number of nitrogens with zero attached hydrogens (tertiary/aromatic N) is 1. The average molecular weight is 453 g/mol. The van der Waals surface area contributed by atoms with E-state index in [1.807, 2.05) is 68.4 Å². The molecule has 0 aliphatic carbocycles. The third-order valence-electron chi connectivity index (χ3n) is 4.60. The number of hydrogen-bond donors (Lipinski definition) is 1. The van der Waals surface area contributed by atoms with Crippen molar-refractivity contribution >= 4 is 23.6 Å². The van der Waals surface area contributed by atoms with E-state index in [0.29, 0.717) is 16.3 Å². The highest BCUT2D eigenvalue weighted by Crippen LogP contribution is 2.27. The maximum absolute atomic E-state index is 13.1. The van der Waals surface area contributed by atoms with Crippen LogP contribution in [0, 0.1) is 0 Å². The van der Waals surface area contributed by atoms with E-state index < -0.39 is 12.0 Å². The molecule has 32 heavy (non-hydrogen) atoms. The Morgan fingerprint density at radius 3 is 2.22 bits per heavy atom. The predicted molar refractivity (Wildman–Crippen MR) is 125 cm³/mol. The lowest BCUT2D eigenvalue weighted by Gasteiger charge is -2.23. The van der Waals surface area contributed by atoms with Gasteiger partial charge in [0.05, 0.1) is 24.8 Å². The lowest BCUT2D eigenvalue weighted by molar-refractivity contribution is 0.0612. The molecule has 3 aromatic rings. The largest absolute Gasteiger partial charge is 0.489 e. The highest BCUT2D eigenvalue weighted by Gasteiger charge is 2.20. The molecule has 0 aliphatic heterocycles. The molecule has 3 rings (SSSR count). The Labute approximate surface area is 192 Å². The summed E-state index contributed by atoms with van der Waals surface area (Å²) in [6.07, 6.45) is -0.796. The maximum Gasteiger partial charge on any atom is 0.425 e. The monoisotopic (exact) mass is 452 g/mol. The molecule has 0 saturated carbocycles. The summed E-state index contributed by atoms with van der Waals surface area (Å²) in [6, 6.07) is 22.5. The minimum Gasteiger partial charge on any atom is -0.489 e. The molecular formula is C25H25ClN2O4. The number of ether oxygens (including phenoxy) is 2. The number of halogens is 1. The van der Waals surface area contributed by atoms with Gasteiger partial charge in [0.25, 0.3) is 5.91 Å². The number of amides is 2. The molecule has 166 valence electrons. The zero-order chi connectivity index (χ0) is 23.1. The first-order valence-electron chi connectivity index (χ1n) is 10.1. The number of methoxy groups -OCH3 is 1. The molecule has 0 radical (unpaired) electrons. The molecule has 1 N–H and O–H groups in total. The minimum absolute atomic E-state index is 0.0506. The number of carbonyl (C=O) groups is 2. The van der Waals surface area contributed by atoms with E-state index >= 15 is 0 Å². The Hall–Kier alpha value is -3.51. The van der Waals surface area contributed by atoms with Crippen LogP contribution < -0.4 is 10.2 Å². The van der Waals surface area contributed by atoms with Crippen LogP contribution in [0.3, 0.4) is 0 Å². The Morgan fingerprint density at radius 1 is 0.969 bits per heavy atom. The summed E-state index contributed by atoms with van der Waals surface area (Å²) in [5.41, 5.74) is 5.77. The summed E-state index contributed by atoms with van der Waals surface area (Å²) in [4.78, 5) is 25.0. The van der Waals surface area contributed by atoms with E-state index in [9.17, 15) is 9.59 Å². The van der Waals surface area contributed by atoms with Crippen molar-refractivity contribution in [3.8, 4) is 16.9 Å². The summed E-state index contributed by atoms with van der Waals surface area (Å²) in [5, 5.41) is 1.51. The Bertz CT molecular complexity index is 1070. The fraction of sp³-hybridized carbons (Fsp3) is 0.200. The standard InChI is InChI=1S/C25H25ClN2O4/c1-17(2)32-23-14-13-21(15-22(23)26)24(29)28(27-25(30)31-3)16-18-9-11-20(12-10-18)19-7-5-4-6-8-19/h4-15,17H,16H2,1-3H3,(H,27,30). The van der Waals surface area contributed by atoms with Gasteiger partial charge in [0.15, 0.2) is 0 Å². The van der Waals surface area contributed by atoms with Gasteiger partial charge in [0.2, 0.25) is 0 Å². The van der Waals surface area contributed by atoms with Crippen LogP contribution in [0.15, 0.2) is 72.8 Å². The van der Waals surface area contributed by atoms with Crippen LogP contribution in [-0.2, 0) is 11.3 Å². The molecule has 0 aliphatic rings. The molecule has 0 heterocycles. The van der Waals surface area contributed by atoms with Gasteiger partial charge >= 0.3 is 6.09 Å². The molecule has 0 atom stereocenters. The number of nitrogens with one attached hydrogen (secondary N) is 1. The highest BCUT2D eigenvalue weighted by atomic mass is 35.5. The quantitative estimate of drug-likeness (QED) is 0.486. The molecular weight excluding hydrogens is 428 g/mol. The number of carbonyl (C=O) groups excluding carboxylic acids is 2. The summed E-state index contributed by atoms with van der Waals surface area (Å²) < 4.78 is 10.3. The molecule has 0 spiro atoms. The molecule has 2 amide bonds.